The Morgan fingerprint density at radius 2 is 1.67 bits per heavy atom. The van der Waals surface area contributed by atoms with E-state index in [2.05, 4.69) is 0 Å². The summed E-state index contributed by atoms with van der Waals surface area (Å²) >= 11 is 0. The zero-order valence-corrected chi connectivity index (χ0v) is 13.9. The smallest absolute Gasteiger partial charge is 0.185 e. The SMILES string of the molecule is COc1ccc(C(=O)/C=C/c2cn(C)c3ccc(OC)cc23)cc1. The number of ketones is 1. The Hall–Kier alpha value is -3.01. The summed E-state index contributed by atoms with van der Waals surface area (Å²) in [5, 5.41) is 1.05. The molecule has 0 saturated heterocycles. The molecule has 0 N–H and O–H groups in total. The van der Waals surface area contributed by atoms with Gasteiger partial charge in [-0.3, -0.25) is 4.79 Å². The van der Waals surface area contributed by atoms with E-state index < -0.39 is 0 Å². The number of ether oxygens (including phenoxy) is 2. The second kappa shape index (κ2) is 6.62. The number of aromatic nitrogens is 1. The summed E-state index contributed by atoms with van der Waals surface area (Å²) < 4.78 is 12.4. The first kappa shape index (κ1) is 15.9. The molecule has 0 aliphatic rings. The first-order valence-electron chi connectivity index (χ1n) is 7.62. The molecule has 0 fully saturated rings. The van der Waals surface area contributed by atoms with Crippen molar-refractivity contribution < 1.29 is 14.3 Å². The number of nitrogens with zero attached hydrogens (tertiary/aromatic N) is 1. The van der Waals surface area contributed by atoms with E-state index in [1.54, 1.807) is 44.6 Å². The molecule has 0 bridgehead atoms. The topological polar surface area (TPSA) is 40.5 Å². The fourth-order valence-electron chi connectivity index (χ4n) is 2.68. The molecule has 1 heterocycles. The number of allylic oxidation sites excluding steroid dienone is 1. The number of hydrogen-bond donors (Lipinski definition) is 0. The third-order valence-electron chi connectivity index (χ3n) is 4.02. The molecule has 122 valence electrons. The highest BCUT2D eigenvalue weighted by molar-refractivity contribution is 6.07. The van der Waals surface area contributed by atoms with E-state index >= 15 is 0 Å². The molecule has 3 aromatic rings. The van der Waals surface area contributed by atoms with Gasteiger partial charge in [0.15, 0.2) is 5.78 Å². The Labute approximate surface area is 140 Å². The number of rotatable bonds is 5. The molecule has 0 aliphatic heterocycles. The molecule has 0 unspecified atom stereocenters. The van der Waals surface area contributed by atoms with Gasteiger partial charge in [-0.15, -0.1) is 0 Å². The monoisotopic (exact) mass is 321 g/mol. The Kier molecular flexibility index (Phi) is 4.38. The Morgan fingerprint density at radius 1 is 1.00 bits per heavy atom. The van der Waals surface area contributed by atoms with Crippen molar-refractivity contribution in [3.8, 4) is 11.5 Å². The molecule has 0 spiro atoms. The largest absolute Gasteiger partial charge is 0.497 e. The average Bonchev–Trinajstić information content (AvgIpc) is 2.95. The van der Waals surface area contributed by atoms with Gasteiger partial charge in [-0.05, 0) is 54.6 Å². The lowest BCUT2D eigenvalue weighted by Crippen LogP contribution is -1.94. The fourth-order valence-corrected chi connectivity index (χ4v) is 2.68. The number of methoxy groups -OCH3 is 2. The first-order chi connectivity index (χ1) is 11.6. The third-order valence-corrected chi connectivity index (χ3v) is 4.02. The fraction of sp³-hybridized carbons (Fsp3) is 0.150. The maximum Gasteiger partial charge on any atom is 0.185 e. The summed E-state index contributed by atoms with van der Waals surface area (Å²) in [4.78, 5) is 12.3. The van der Waals surface area contributed by atoms with Crippen LogP contribution in [0.5, 0.6) is 11.5 Å². The molecule has 24 heavy (non-hydrogen) atoms. The lowest BCUT2D eigenvalue weighted by molar-refractivity contribution is 0.104. The van der Waals surface area contributed by atoms with Gasteiger partial charge in [-0.2, -0.15) is 0 Å². The van der Waals surface area contributed by atoms with Gasteiger partial charge in [0, 0.05) is 35.3 Å². The highest BCUT2D eigenvalue weighted by Crippen LogP contribution is 2.26. The Balaban J connectivity index is 1.90. The summed E-state index contributed by atoms with van der Waals surface area (Å²) in [6.07, 6.45) is 5.44. The van der Waals surface area contributed by atoms with Gasteiger partial charge < -0.3 is 14.0 Å². The molecule has 4 nitrogen and oxygen atoms in total. The van der Waals surface area contributed by atoms with Crippen LogP contribution in [0.2, 0.25) is 0 Å². The third kappa shape index (κ3) is 3.04. The zero-order valence-electron chi connectivity index (χ0n) is 13.9. The van der Waals surface area contributed by atoms with Gasteiger partial charge in [-0.1, -0.05) is 0 Å². The highest BCUT2D eigenvalue weighted by Gasteiger charge is 2.07. The van der Waals surface area contributed by atoms with E-state index in [9.17, 15) is 4.79 Å². The number of carbonyl (C=O) groups is 1. The second-order valence-electron chi connectivity index (χ2n) is 5.50. The van der Waals surface area contributed by atoms with E-state index in [-0.39, 0.29) is 5.78 Å². The average molecular weight is 321 g/mol. The maximum absolute atomic E-state index is 12.3. The van der Waals surface area contributed by atoms with Crippen LogP contribution in [-0.2, 0) is 7.05 Å². The van der Waals surface area contributed by atoms with Crippen molar-refractivity contribution in [3.63, 3.8) is 0 Å². The minimum atomic E-state index is -0.0439. The number of hydrogen-bond acceptors (Lipinski definition) is 3. The van der Waals surface area contributed by atoms with Crippen molar-refractivity contribution in [2.24, 2.45) is 7.05 Å². The van der Waals surface area contributed by atoms with Crippen LogP contribution in [0.3, 0.4) is 0 Å². The van der Waals surface area contributed by atoms with Crippen LogP contribution in [0.15, 0.2) is 54.7 Å². The normalized spacial score (nSPS) is 11.1. The lowest BCUT2D eigenvalue weighted by Gasteiger charge is -2.01. The number of benzene rings is 2. The highest BCUT2D eigenvalue weighted by atomic mass is 16.5. The number of aryl methyl sites for hydroxylation is 1. The zero-order chi connectivity index (χ0) is 17.1. The van der Waals surface area contributed by atoms with Crippen LogP contribution in [-0.4, -0.2) is 24.6 Å². The quantitative estimate of drug-likeness (QED) is 0.525. The van der Waals surface area contributed by atoms with Crippen molar-refractivity contribution in [3.05, 3.63) is 65.9 Å². The minimum absolute atomic E-state index is 0.0439. The molecule has 0 aliphatic carbocycles. The van der Waals surface area contributed by atoms with E-state index in [0.29, 0.717) is 5.56 Å². The van der Waals surface area contributed by atoms with Crippen LogP contribution in [0.25, 0.3) is 17.0 Å². The van der Waals surface area contributed by atoms with Crippen molar-refractivity contribution in [2.75, 3.05) is 14.2 Å². The van der Waals surface area contributed by atoms with Crippen LogP contribution in [0.4, 0.5) is 0 Å². The van der Waals surface area contributed by atoms with Gasteiger partial charge in [0.25, 0.3) is 0 Å². The maximum atomic E-state index is 12.3. The molecule has 1 aromatic heterocycles. The van der Waals surface area contributed by atoms with Crippen molar-refractivity contribution in [1.29, 1.82) is 0 Å². The van der Waals surface area contributed by atoms with Crippen molar-refractivity contribution in [1.82, 2.24) is 4.57 Å². The standard InChI is InChI=1S/C20H19NO3/c1-21-13-15(18-12-17(24-3)9-10-19(18)21)6-11-20(22)14-4-7-16(23-2)8-5-14/h4-13H,1-3H3/b11-6+. The molecule has 4 heteroatoms. The van der Waals surface area contributed by atoms with Gasteiger partial charge in [0.2, 0.25) is 0 Å². The van der Waals surface area contributed by atoms with Crippen molar-refractivity contribution in [2.45, 2.75) is 0 Å². The predicted octanol–water partition coefficient (Wildman–Crippen LogP) is 4.09. The number of fused-ring (bicyclic) bond motifs is 1. The lowest BCUT2D eigenvalue weighted by atomic mass is 10.1. The molecule has 0 amide bonds. The molecule has 0 atom stereocenters. The van der Waals surface area contributed by atoms with Crippen molar-refractivity contribution >= 4 is 22.8 Å². The first-order valence-corrected chi connectivity index (χ1v) is 7.62. The van der Waals surface area contributed by atoms with E-state index in [4.69, 9.17) is 9.47 Å². The number of carbonyl (C=O) groups excluding carboxylic acids is 1. The van der Waals surface area contributed by atoms with Gasteiger partial charge in [0.05, 0.1) is 14.2 Å². The summed E-state index contributed by atoms with van der Waals surface area (Å²) in [6.45, 7) is 0. The van der Waals surface area contributed by atoms with Crippen LogP contribution < -0.4 is 9.47 Å². The molecular formula is C20H19NO3. The molecule has 2 aromatic carbocycles. The van der Waals surface area contributed by atoms with E-state index in [0.717, 1.165) is 28.0 Å². The summed E-state index contributed by atoms with van der Waals surface area (Å²) in [5.74, 6) is 1.49. The minimum Gasteiger partial charge on any atom is -0.497 e. The molecular weight excluding hydrogens is 302 g/mol. The van der Waals surface area contributed by atoms with E-state index in [1.165, 1.54) is 0 Å². The molecule has 3 rings (SSSR count). The van der Waals surface area contributed by atoms with Crippen LogP contribution in [0, 0.1) is 0 Å². The van der Waals surface area contributed by atoms with E-state index in [1.807, 2.05) is 42.1 Å². The molecule has 0 saturated carbocycles. The summed E-state index contributed by atoms with van der Waals surface area (Å²) in [7, 11) is 5.23. The van der Waals surface area contributed by atoms with Gasteiger partial charge >= 0.3 is 0 Å². The predicted molar refractivity (Wildman–Crippen MR) is 95.8 cm³/mol. The Bertz CT molecular complexity index is 905. The Morgan fingerprint density at radius 3 is 2.33 bits per heavy atom. The van der Waals surface area contributed by atoms with Gasteiger partial charge in [-0.25, -0.2) is 0 Å². The van der Waals surface area contributed by atoms with Crippen LogP contribution >= 0.6 is 0 Å². The summed E-state index contributed by atoms with van der Waals surface area (Å²) in [6, 6.07) is 13.0. The summed E-state index contributed by atoms with van der Waals surface area (Å²) in [5.41, 5.74) is 2.70. The van der Waals surface area contributed by atoms with Crippen LogP contribution in [0.1, 0.15) is 15.9 Å². The second-order valence-corrected chi connectivity index (χ2v) is 5.50. The van der Waals surface area contributed by atoms with Gasteiger partial charge in [0.1, 0.15) is 11.5 Å². The molecule has 0 radical (unpaired) electrons.